The Morgan fingerprint density at radius 3 is 2.71 bits per heavy atom. The molecule has 0 radical (unpaired) electrons. The molecule has 2 N–H and O–H groups in total. The Kier molecular flexibility index (Phi) is 7.56. The monoisotopic (exact) mass is 535 g/mol. The van der Waals surface area contributed by atoms with E-state index in [0.717, 1.165) is 28.7 Å². The molecule has 198 valence electrons. The van der Waals surface area contributed by atoms with Gasteiger partial charge < -0.3 is 14.3 Å². The van der Waals surface area contributed by atoms with Crippen LogP contribution in [0.1, 0.15) is 48.9 Å². The van der Waals surface area contributed by atoms with Gasteiger partial charge in [-0.3, -0.25) is 4.79 Å². The highest BCUT2D eigenvalue weighted by molar-refractivity contribution is 6.30. The summed E-state index contributed by atoms with van der Waals surface area (Å²) in [4.78, 5) is 39.7. The van der Waals surface area contributed by atoms with Crippen LogP contribution >= 0.6 is 11.6 Å². The lowest BCUT2D eigenvalue weighted by Gasteiger charge is -2.37. The number of carbonyl (C=O) groups excluding carboxylic acids is 2. The summed E-state index contributed by atoms with van der Waals surface area (Å²) in [7, 11) is 0. The molecule has 1 aliphatic carbocycles. The SMILES string of the molecule is [N-]=[N+]=NCC1(C(=O)ON)CCC(CC(=O)N2CCc3c(n(Cc4ccc(Cl)cc4)c4ncccc34)C2)CC1. The van der Waals surface area contributed by atoms with E-state index in [2.05, 4.69) is 30.5 Å². The van der Waals surface area contributed by atoms with E-state index in [0.29, 0.717) is 56.8 Å². The van der Waals surface area contributed by atoms with Crippen molar-refractivity contribution in [3.05, 3.63) is 74.9 Å². The quantitative estimate of drug-likeness (QED) is 0.198. The number of benzene rings is 1. The predicted octanol–water partition coefficient (Wildman–Crippen LogP) is 4.92. The lowest BCUT2D eigenvalue weighted by molar-refractivity contribution is -0.158. The maximum absolute atomic E-state index is 13.4. The van der Waals surface area contributed by atoms with Gasteiger partial charge in [0.25, 0.3) is 0 Å². The maximum Gasteiger partial charge on any atom is 0.330 e. The zero-order chi connectivity index (χ0) is 26.7. The van der Waals surface area contributed by atoms with E-state index in [4.69, 9.17) is 23.0 Å². The number of rotatable bonds is 7. The van der Waals surface area contributed by atoms with E-state index in [-0.39, 0.29) is 18.4 Å². The third kappa shape index (κ3) is 5.07. The van der Waals surface area contributed by atoms with Gasteiger partial charge in [0.15, 0.2) is 0 Å². The van der Waals surface area contributed by atoms with Gasteiger partial charge in [0.1, 0.15) is 5.65 Å². The first-order valence-electron chi connectivity index (χ1n) is 12.8. The number of hydrogen-bond donors (Lipinski definition) is 1. The molecule has 0 spiro atoms. The first kappa shape index (κ1) is 26.0. The highest BCUT2D eigenvalue weighted by Crippen LogP contribution is 2.42. The summed E-state index contributed by atoms with van der Waals surface area (Å²) in [6.07, 6.45) is 5.29. The van der Waals surface area contributed by atoms with Crippen LogP contribution < -0.4 is 5.90 Å². The second-order valence-corrected chi connectivity index (χ2v) is 10.7. The second kappa shape index (κ2) is 11.0. The number of carbonyl (C=O) groups is 2. The molecule has 38 heavy (non-hydrogen) atoms. The Morgan fingerprint density at radius 2 is 2.00 bits per heavy atom. The van der Waals surface area contributed by atoms with E-state index < -0.39 is 11.4 Å². The molecule has 1 fully saturated rings. The van der Waals surface area contributed by atoms with Crippen LogP contribution in [-0.2, 0) is 33.9 Å². The largest absolute Gasteiger partial charge is 0.373 e. The number of fused-ring (bicyclic) bond motifs is 3. The minimum atomic E-state index is -0.907. The van der Waals surface area contributed by atoms with Crippen LogP contribution in [-0.4, -0.2) is 39.4 Å². The molecule has 0 saturated heterocycles. The standard InChI is InChI=1S/C27H30ClN7O3/c28-20-5-3-19(4-6-20)15-35-23-16-34(13-9-21(23)22-2-1-12-31-25(22)35)24(36)14-18-7-10-27(11-8-18,17-32-33-29)26(37)38-30/h1-6,12,18H,7-11,13-17,30H2. The normalized spacial score (nSPS) is 21.0. The van der Waals surface area contributed by atoms with Crippen molar-refractivity contribution in [3.63, 3.8) is 0 Å². The first-order chi connectivity index (χ1) is 18.4. The summed E-state index contributed by atoms with van der Waals surface area (Å²) in [5.41, 5.74) is 12.2. The van der Waals surface area contributed by atoms with E-state index in [1.807, 2.05) is 35.2 Å². The molecule has 3 aromatic rings. The van der Waals surface area contributed by atoms with Gasteiger partial charge >= 0.3 is 5.97 Å². The molecule has 1 saturated carbocycles. The molecule has 0 bridgehead atoms. The molecular weight excluding hydrogens is 506 g/mol. The fourth-order valence-electron chi connectivity index (χ4n) is 5.94. The molecule has 0 atom stereocenters. The zero-order valence-electron chi connectivity index (χ0n) is 21.1. The number of nitrogens with two attached hydrogens (primary N) is 1. The fourth-order valence-corrected chi connectivity index (χ4v) is 6.07. The Labute approximate surface area is 225 Å². The Bertz CT molecular complexity index is 1390. The van der Waals surface area contributed by atoms with Crippen LogP contribution in [0.25, 0.3) is 21.5 Å². The van der Waals surface area contributed by atoms with E-state index in [9.17, 15) is 9.59 Å². The second-order valence-electron chi connectivity index (χ2n) is 10.3. The third-order valence-electron chi connectivity index (χ3n) is 8.12. The summed E-state index contributed by atoms with van der Waals surface area (Å²) < 4.78 is 2.22. The van der Waals surface area contributed by atoms with Gasteiger partial charge in [0, 0.05) is 53.3 Å². The first-order valence-corrected chi connectivity index (χ1v) is 13.2. The van der Waals surface area contributed by atoms with Crippen LogP contribution in [0.4, 0.5) is 0 Å². The Hall–Kier alpha value is -3.59. The van der Waals surface area contributed by atoms with Crippen LogP contribution in [0.15, 0.2) is 47.7 Å². The van der Waals surface area contributed by atoms with Gasteiger partial charge in [-0.15, -0.1) is 0 Å². The molecule has 1 amide bonds. The van der Waals surface area contributed by atoms with Crippen LogP contribution in [0.5, 0.6) is 0 Å². The van der Waals surface area contributed by atoms with E-state index in [1.165, 1.54) is 5.56 Å². The van der Waals surface area contributed by atoms with Crippen molar-refractivity contribution in [1.82, 2.24) is 14.5 Å². The predicted molar refractivity (Wildman–Crippen MR) is 143 cm³/mol. The summed E-state index contributed by atoms with van der Waals surface area (Å²) in [5, 5.41) is 5.45. The van der Waals surface area contributed by atoms with Crippen molar-refractivity contribution < 1.29 is 14.4 Å². The summed E-state index contributed by atoms with van der Waals surface area (Å²) in [5.74, 6) is 4.85. The third-order valence-corrected chi connectivity index (χ3v) is 8.37. The molecule has 5 rings (SSSR count). The number of pyridine rings is 1. The van der Waals surface area contributed by atoms with Gasteiger partial charge in [0.05, 0.1) is 12.0 Å². The van der Waals surface area contributed by atoms with Gasteiger partial charge in [-0.25, -0.2) is 9.78 Å². The van der Waals surface area contributed by atoms with Crippen LogP contribution in [0, 0.1) is 11.3 Å². The molecule has 1 aliphatic heterocycles. The highest BCUT2D eigenvalue weighted by Gasteiger charge is 2.43. The molecule has 3 heterocycles. The van der Waals surface area contributed by atoms with Gasteiger partial charge in [-0.2, -0.15) is 5.90 Å². The van der Waals surface area contributed by atoms with Gasteiger partial charge in [-0.1, -0.05) is 28.8 Å². The van der Waals surface area contributed by atoms with Crippen molar-refractivity contribution in [2.75, 3.05) is 13.1 Å². The number of azide groups is 1. The van der Waals surface area contributed by atoms with Crippen LogP contribution in [0.2, 0.25) is 5.02 Å². The van der Waals surface area contributed by atoms with Crippen molar-refractivity contribution in [2.45, 2.75) is 51.6 Å². The molecular formula is C27H30ClN7O3. The number of aromatic nitrogens is 2. The topological polar surface area (TPSA) is 139 Å². The fraction of sp³-hybridized carbons (Fsp3) is 0.444. The van der Waals surface area contributed by atoms with Crippen LogP contribution in [0.3, 0.4) is 0 Å². The summed E-state index contributed by atoms with van der Waals surface area (Å²) in [6.45, 7) is 1.86. The number of nitrogens with zero attached hydrogens (tertiary/aromatic N) is 6. The molecule has 2 aliphatic rings. The van der Waals surface area contributed by atoms with Gasteiger partial charge in [-0.05, 0) is 78.9 Å². The summed E-state index contributed by atoms with van der Waals surface area (Å²) >= 11 is 6.09. The molecule has 1 aromatic carbocycles. The molecule has 0 unspecified atom stereocenters. The number of amides is 1. The van der Waals surface area contributed by atoms with Crippen molar-refractivity contribution in [2.24, 2.45) is 22.3 Å². The van der Waals surface area contributed by atoms with Crippen molar-refractivity contribution in [3.8, 4) is 0 Å². The van der Waals surface area contributed by atoms with Gasteiger partial charge in [0.2, 0.25) is 5.91 Å². The van der Waals surface area contributed by atoms with E-state index in [1.54, 1.807) is 6.20 Å². The molecule has 10 nitrogen and oxygen atoms in total. The van der Waals surface area contributed by atoms with Crippen molar-refractivity contribution >= 4 is 34.5 Å². The van der Waals surface area contributed by atoms with Crippen molar-refractivity contribution in [1.29, 1.82) is 0 Å². The average molecular weight is 536 g/mol. The lowest BCUT2D eigenvalue weighted by Crippen LogP contribution is -2.42. The minimum Gasteiger partial charge on any atom is -0.373 e. The van der Waals surface area contributed by atoms with E-state index >= 15 is 0 Å². The Morgan fingerprint density at radius 1 is 1.24 bits per heavy atom. The number of halogens is 1. The molecule has 2 aromatic heterocycles. The average Bonchev–Trinajstić information content (AvgIpc) is 3.26. The smallest absolute Gasteiger partial charge is 0.330 e. The summed E-state index contributed by atoms with van der Waals surface area (Å²) in [6, 6.07) is 11.9. The Balaban J connectivity index is 1.30. The zero-order valence-corrected chi connectivity index (χ0v) is 21.8. The highest BCUT2D eigenvalue weighted by atomic mass is 35.5. The minimum absolute atomic E-state index is 0.0152. The number of hydrogen-bond acceptors (Lipinski definition) is 6. The lowest BCUT2D eigenvalue weighted by atomic mass is 9.69. The maximum atomic E-state index is 13.4. The molecule has 11 heteroatoms.